The van der Waals surface area contributed by atoms with Crippen LogP contribution in [0.25, 0.3) is 0 Å². The fourth-order valence-electron chi connectivity index (χ4n) is 3.59. The van der Waals surface area contributed by atoms with Gasteiger partial charge >= 0.3 is 0 Å². The summed E-state index contributed by atoms with van der Waals surface area (Å²) in [6, 6.07) is 0. The van der Waals surface area contributed by atoms with Gasteiger partial charge in [0.2, 0.25) is 5.89 Å². The molecule has 2 aliphatic rings. The largest absolute Gasteiger partial charge is 0.339 e. The third-order valence-corrected chi connectivity index (χ3v) is 4.94. The van der Waals surface area contributed by atoms with Crippen molar-refractivity contribution in [3.8, 4) is 0 Å². The molecule has 1 unspecified atom stereocenters. The Bertz CT molecular complexity index is 438. The van der Waals surface area contributed by atoms with E-state index in [9.17, 15) is 0 Å². The first-order valence-corrected chi connectivity index (χ1v) is 7.14. The molecule has 2 N–H and O–H groups in total. The summed E-state index contributed by atoms with van der Waals surface area (Å²) in [4.78, 5) is 4.64. The smallest absolute Gasteiger partial charge is 0.230 e. The minimum atomic E-state index is -0.329. The maximum Gasteiger partial charge on any atom is 0.230 e. The number of hydrogen-bond acceptors (Lipinski definition) is 4. The van der Waals surface area contributed by atoms with Gasteiger partial charge in [0.15, 0.2) is 5.82 Å². The Balaban J connectivity index is 0.00000133. The van der Waals surface area contributed by atoms with E-state index in [4.69, 9.17) is 10.3 Å². The van der Waals surface area contributed by atoms with E-state index in [0.717, 1.165) is 31.0 Å². The molecule has 3 rings (SSSR count). The van der Waals surface area contributed by atoms with E-state index in [-0.39, 0.29) is 23.4 Å². The SMILES string of the molecule is CC1(C)CCCC1c1nc(C2(N)CCCC2)no1.Cl. The Labute approximate surface area is 120 Å². The average Bonchev–Trinajstić information content (AvgIpc) is 2.97. The van der Waals surface area contributed by atoms with E-state index < -0.39 is 0 Å². The first-order chi connectivity index (χ1) is 8.51. The highest BCUT2D eigenvalue weighted by molar-refractivity contribution is 5.85. The summed E-state index contributed by atoms with van der Waals surface area (Å²) in [7, 11) is 0. The van der Waals surface area contributed by atoms with Gasteiger partial charge in [0, 0.05) is 5.92 Å². The molecule has 5 heteroatoms. The minimum absolute atomic E-state index is 0. The van der Waals surface area contributed by atoms with Crippen LogP contribution in [-0.2, 0) is 5.54 Å². The maximum absolute atomic E-state index is 6.37. The van der Waals surface area contributed by atoms with E-state index in [1.54, 1.807) is 0 Å². The molecule has 1 heterocycles. The quantitative estimate of drug-likeness (QED) is 0.903. The van der Waals surface area contributed by atoms with Crippen molar-refractivity contribution < 1.29 is 4.52 Å². The monoisotopic (exact) mass is 285 g/mol. The minimum Gasteiger partial charge on any atom is -0.339 e. The fourth-order valence-corrected chi connectivity index (χ4v) is 3.59. The van der Waals surface area contributed by atoms with Crippen molar-refractivity contribution in [2.45, 2.75) is 70.3 Å². The molecule has 0 saturated heterocycles. The summed E-state index contributed by atoms with van der Waals surface area (Å²) in [5.41, 5.74) is 6.33. The van der Waals surface area contributed by atoms with Gasteiger partial charge < -0.3 is 10.3 Å². The molecule has 0 bridgehead atoms. The van der Waals surface area contributed by atoms with Crippen LogP contribution in [0.2, 0.25) is 0 Å². The van der Waals surface area contributed by atoms with Crippen molar-refractivity contribution in [2.24, 2.45) is 11.1 Å². The van der Waals surface area contributed by atoms with E-state index in [1.165, 1.54) is 25.7 Å². The van der Waals surface area contributed by atoms with Crippen LogP contribution in [0.15, 0.2) is 4.52 Å². The molecule has 2 aliphatic carbocycles. The lowest BCUT2D eigenvalue weighted by Gasteiger charge is -2.23. The molecule has 1 aromatic rings. The Morgan fingerprint density at radius 1 is 1.16 bits per heavy atom. The number of hydrogen-bond donors (Lipinski definition) is 1. The van der Waals surface area contributed by atoms with Crippen LogP contribution in [0.5, 0.6) is 0 Å². The van der Waals surface area contributed by atoms with Gasteiger partial charge in [0.25, 0.3) is 0 Å². The Morgan fingerprint density at radius 2 is 1.84 bits per heavy atom. The second-order valence-electron chi connectivity index (χ2n) is 6.75. The van der Waals surface area contributed by atoms with Crippen LogP contribution >= 0.6 is 12.4 Å². The topological polar surface area (TPSA) is 64.9 Å². The Hall–Kier alpha value is -0.610. The summed E-state index contributed by atoms with van der Waals surface area (Å²) in [5, 5.41) is 4.17. The van der Waals surface area contributed by atoms with Gasteiger partial charge in [-0.2, -0.15) is 4.98 Å². The third-order valence-electron chi connectivity index (χ3n) is 4.94. The van der Waals surface area contributed by atoms with Crippen molar-refractivity contribution in [1.29, 1.82) is 0 Å². The van der Waals surface area contributed by atoms with E-state index in [1.807, 2.05) is 0 Å². The van der Waals surface area contributed by atoms with Gasteiger partial charge in [-0.15, -0.1) is 12.4 Å². The van der Waals surface area contributed by atoms with Crippen LogP contribution in [0.3, 0.4) is 0 Å². The zero-order valence-electron chi connectivity index (χ0n) is 11.8. The van der Waals surface area contributed by atoms with Crippen LogP contribution < -0.4 is 5.73 Å². The number of nitrogens with two attached hydrogens (primary N) is 1. The molecule has 0 radical (unpaired) electrons. The first kappa shape index (κ1) is 14.8. The zero-order valence-corrected chi connectivity index (χ0v) is 12.6. The van der Waals surface area contributed by atoms with Crippen LogP contribution in [0, 0.1) is 5.41 Å². The van der Waals surface area contributed by atoms with Gasteiger partial charge in [-0.3, -0.25) is 0 Å². The highest BCUT2D eigenvalue weighted by atomic mass is 35.5. The molecular formula is C14H24ClN3O. The van der Waals surface area contributed by atoms with E-state index in [2.05, 4.69) is 24.0 Å². The standard InChI is InChI=1S/C14H23N3O.ClH/c1-13(2)7-5-6-10(13)11-16-12(17-18-11)14(15)8-3-4-9-14;/h10H,3-9,15H2,1-2H3;1H. The van der Waals surface area contributed by atoms with Gasteiger partial charge in [-0.05, 0) is 31.1 Å². The second kappa shape index (κ2) is 5.06. The van der Waals surface area contributed by atoms with E-state index in [0.29, 0.717) is 5.92 Å². The number of halogens is 1. The van der Waals surface area contributed by atoms with Crippen LogP contribution in [0.1, 0.15) is 76.4 Å². The normalized spacial score (nSPS) is 28.3. The average molecular weight is 286 g/mol. The lowest BCUT2D eigenvalue weighted by Crippen LogP contribution is -2.34. The molecule has 1 atom stereocenters. The molecule has 2 saturated carbocycles. The van der Waals surface area contributed by atoms with Crippen LogP contribution in [0.4, 0.5) is 0 Å². The van der Waals surface area contributed by atoms with Crippen molar-refractivity contribution in [3.63, 3.8) is 0 Å². The fraction of sp³-hybridized carbons (Fsp3) is 0.857. The molecule has 1 aromatic heterocycles. The highest BCUT2D eigenvalue weighted by Gasteiger charge is 2.41. The van der Waals surface area contributed by atoms with E-state index >= 15 is 0 Å². The summed E-state index contributed by atoms with van der Waals surface area (Å²) in [5.74, 6) is 1.95. The summed E-state index contributed by atoms with van der Waals surface area (Å²) < 4.78 is 5.52. The summed E-state index contributed by atoms with van der Waals surface area (Å²) in [6.45, 7) is 4.59. The van der Waals surface area contributed by atoms with Gasteiger partial charge in [0.05, 0.1) is 5.54 Å². The number of rotatable bonds is 2. The lowest BCUT2D eigenvalue weighted by atomic mass is 9.82. The van der Waals surface area contributed by atoms with Gasteiger partial charge in [0.1, 0.15) is 0 Å². The predicted octanol–water partition coefficient (Wildman–Crippen LogP) is 3.51. The first-order valence-electron chi connectivity index (χ1n) is 7.14. The van der Waals surface area contributed by atoms with Crippen molar-refractivity contribution in [3.05, 3.63) is 11.7 Å². The van der Waals surface area contributed by atoms with Gasteiger partial charge in [-0.1, -0.05) is 38.3 Å². The zero-order chi connectivity index (χ0) is 12.8. The Morgan fingerprint density at radius 3 is 2.42 bits per heavy atom. The number of aromatic nitrogens is 2. The summed E-state index contributed by atoms with van der Waals surface area (Å²) >= 11 is 0. The molecule has 108 valence electrons. The molecule has 0 aromatic carbocycles. The molecule has 19 heavy (non-hydrogen) atoms. The molecule has 0 amide bonds. The highest BCUT2D eigenvalue weighted by Crippen LogP contribution is 2.48. The van der Waals surface area contributed by atoms with Crippen molar-refractivity contribution in [2.75, 3.05) is 0 Å². The van der Waals surface area contributed by atoms with Crippen molar-refractivity contribution >= 4 is 12.4 Å². The number of nitrogens with zero attached hydrogens (tertiary/aromatic N) is 2. The summed E-state index contributed by atoms with van der Waals surface area (Å²) in [6.07, 6.45) is 7.98. The molecule has 4 nitrogen and oxygen atoms in total. The molecule has 2 fully saturated rings. The second-order valence-corrected chi connectivity index (χ2v) is 6.75. The van der Waals surface area contributed by atoms with Crippen LogP contribution in [-0.4, -0.2) is 10.1 Å². The van der Waals surface area contributed by atoms with Crippen molar-refractivity contribution in [1.82, 2.24) is 10.1 Å². The Kier molecular flexibility index (Phi) is 3.94. The molecule has 0 aliphatic heterocycles. The maximum atomic E-state index is 6.37. The predicted molar refractivity (Wildman–Crippen MR) is 76.3 cm³/mol. The third kappa shape index (κ3) is 2.52. The lowest BCUT2D eigenvalue weighted by molar-refractivity contribution is 0.259. The molecular weight excluding hydrogens is 262 g/mol. The molecule has 0 spiro atoms. The van der Waals surface area contributed by atoms with Gasteiger partial charge in [-0.25, -0.2) is 0 Å².